The van der Waals surface area contributed by atoms with Gasteiger partial charge in [-0.05, 0) is 24.3 Å². The highest BCUT2D eigenvalue weighted by atomic mass is 32.1. The highest BCUT2D eigenvalue weighted by Gasteiger charge is 2.23. The summed E-state index contributed by atoms with van der Waals surface area (Å²) in [5.74, 6) is 2.08. The number of ether oxygens (including phenoxy) is 1. The molecule has 2 N–H and O–H groups in total. The van der Waals surface area contributed by atoms with Crippen LogP contribution in [0.3, 0.4) is 0 Å². The van der Waals surface area contributed by atoms with Crippen molar-refractivity contribution in [1.82, 2.24) is 24.4 Å². The van der Waals surface area contributed by atoms with E-state index in [2.05, 4.69) is 24.4 Å². The van der Waals surface area contributed by atoms with E-state index in [4.69, 9.17) is 15.0 Å². The smallest absolute Gasteiger partial charge is 0.233 e. The lowest BCUT2D eigenvalue weighted by Crippen LogP contribution is -2.48. The number of amides is 1. The minimum absolute atomic E-state index is 0.0747. The van der Waals surface area contributed by atoms with E-state index in [9.17, 15) is 4.79 Å². The third-order valence-electron chi connectivity index (χ3n) is 4.70. The number of hydrogen-bond donors (Lipinski definition) is 1. The van der Waals surface area contributed by atoms with Crippen LogP contribution in [0.4, 0.5) is 11.1 Å². The second kappa shape index (κ2) is 8.43. The van der Waals surface area contributed by atoms with Gasteiger partial charge in [0.15, 0.2) is 0 Å². The molecular formula is C18H21N7O3S. The summed E-state index contributed by atoms with van der Waals surface area (Å²) < 4.78 is 14.4. The van der Waals surface area contributed by atoms with Gasteiger partial charge in [0.1, 0.15) is 5.75 Å². The van der Waals surface area contributed by atoms with Crippen molar-refractivity contribution in [3.05, 3.63) is 30.2 Å². The van der Waals surface area contributed by atoms with Crippen LogP contribution in [0.2, 0.25) is 0 Å². The molecule has 4 rings (SSSR count). The second-order valence-corrected chi connectivity index (χ2v) is 7.27. The number of anilines is 2. The first-order valence-corrected chi connectivity index (χ1v) is 9.98. The molecule has 2 aromatic heterocycles. The van der Waals surface area contributed by atoms with E-state index in [0.717, 1.165) is 16.4 Å². The SMILES string of the molecule is COc1ccc(-c2noc(CCC(=O)N3CCN(c4nc(N)ns4)CC3)n2)cc1. The number of nitrogen functional groups attached to an aromatic ring is 1. The van der Waals surface area contributed by atoms with Gasteiger partial charge in [-0.15, -0.1) is 0 Å². The largest absolute Gasteiger partial charge is 0.497 e. The van der Waals surface area contributed by atoms with Crippen LogP contribution in [0.25, 0.3) is 11.4 Å². The Morgan fingerprint density at radius 2 is 1.97 bits per heavy atom. The van der Waals surface area contributed by atoms with E-state index >= 15 is 0 Å². The number of aryl methyl sites for hydroxylation is 1. The molecule has 0 radical (unpaired) electrons. The number of nitrogens with two attached hydrogens (primary N) is 1. The molecule has 0 saturated carbocycles. The summed E-state index contributed by atoms with van der Waals surface area (Å²) >= 11 is 1.28. The van der Waals surface area contributed by atoms with E-state index in [1.807, 2.05) is 29.2 Å². The van der Waals surface area contributed by atoms with Crippen LogP contribution >= 0.6 is 11.5 Å². The fourth-order valence-electron chi connectivity index (χ4n) is 3.09. The standard InChI is InChI=1S/C18H21N7O3S/c1-27-13-4-2-12(3-5-13)16-20-14(28-22-16)6-7-15(26)24-8-10-25(11-9-24)18-21-17(19)23-29-18/h2-5H,6-11H2,1H3,(H2,19,23). The second-order valence-electron chi connectivity index (χ2n) is 6.54. The molecule has 1 aliphatic heterocycles. The van der Waals surface area contributed by atoms with Crippen molar-refractivity contribution in [1.29, 1.82) is 0 Å². The van der Waals surface area contributed by atoms with Gasteiger partial charge < -0.3 is 24.8 Å². The topological polar surface area (TPSA) is 124 Å². The summed E-state index contributed by atoms with van der Waals surface area (Å²) in [5.41, 5.74) is 6.41. The number of aromatic nitrogens is 4. The molecule has 1 aromatic carbocycles. The zero-order valence-corrected chi connectivity index (χ0v) is 16.8. The zero-order valence-electron chi connectivity index (χ0n) is 15.9. The van der Waals surface area contributed by atoms with Crippen LogP contribution in [0.5, 0.6) is 5.75 Å². The molecule has 10 nitrogen and oxygen atoms in total. The molecule has 29 heavy (non-hydrogen) atoms. The Morgan fingerprint density at radius 1 is 1.21 bits per heavy atom. The number of hydrogen-bond acceptors (Lipinski definition) is 10. The number of carbonyl (C=O) groups is 1. The third kappa shape index (κ3) is 4.45. The average molecular weight is 415 g/mol. The summed E-state index contributed by atoms with van der Waals surface area (Å²) in [6, 6.07) is 7.41. The summed E-state index contributed by atoms with van der Waals surface area (Å²) in [4.78, 5) is 25.0. The lowest BCUT2D eigenvalue weighted by molar-refractivity contribution is -0.131. The minimum atomic E-state index is 0.0747. The van der Waals surface area contributed by atoms with E-state index < -0.39 is 0 Å². The highest BCUT2D eigenvalue weighted by molar-refractivity contribution is 7.09. The minimum Gasteiger partial charge on any atom is -0.497 e. The first kappa shape index (κ1) is 19.1. The first-order valence-electron chi connectivity index (χ1n) is 9.21. The fourth-order valence-corrected chi connectivity index (χ4v) is 3.74. The highest BCUT2D eigenvalue weighted by Crippen LogP contribution is 2.21. The van der Waals surface area contributed by atoms with Gasteiger partial charge in [-0.3, -0.25) is 4.79 Å². The van der Waals surface area contributed by atoms with Crippen molar-refractivity contribution in [2.45, 2.75) is 12.8 Å². The first-order chi connectivity index (χ1) is 14.1. The van der Waals surface area contributed by atoms with Crippen molar-refractivity contribution >= 4 is 28.5 Å². The molecule has 1 amide bonds. The Kier molecular flexibility index (Phi) is 5.56. The Balaban J connectivity index is 1.27. The van der Waals surface area contributed by atoms with E-state index in [0.29, 0.717) is 50.7 Å². The van der Waals surface area contributed by atoms with Crippen molar-refractivity contribution in [2.24, 2.45) is 0 Å². The Morgan fingerprint density at radius 3 is 2.62 bits per heavy atom. The van der Waals surface area contributed by atoms with E-state index in [1.54, 1.807) is 7.11 Å². The number of benzene rings is 1. The van der Waals surface area contributed by atoms with Gasteiger partial charge in [0.05, 0.1) is 7.11 Å². The van der Waals surface area contributed by atoms with Crippen molar-refractivity contribution < 1.29 is 14.1 Å². The number of methoxy groups -OCH3 is 1. The Bertz CT molecular complexity index is 964. The quantitative estimate of drug-likeness (QED) is 0.637. The lowest BCUT2D eigenvalue weighted by atomic mass is 10.2. The molecule has 1 saturated heterocycles. The van der Waals surface area contributed by atoms with Crippen molar-refractivity contribution in [3.63, 3.8) is 0 Å². The molecule has 0 atom stereocenters. The summed E-state index contributed by atoms with van der Waals surface area (Å²) in [6.07, 6.45) is 0.741. The van der Waals surface area contributed by atoms with Gasteiger partial charge >= 0.3 is 0 Å². The summed E-state index contributed by atoms with van der Waals surface area (Å²) in [6.45, 7) is 2.70. The zero-order chi connectivity index (χ0) is 20.2. The van der Waals surface area contributed by atoms with Crippen molar-refractivity contribution in [3.8, 4) is 17.1 Å². The van der Waals surface area contributed by atoms with E-state index in [1.165, 1.54) is 11.5 Å². The van der Waals surface area contributed by atoms with Gasteiger partial charge in [-0.25, -0.2) is 0 Å². The molecule has 1 fully saturated rings. The van der Waals surface area contributed by atoms with Crippen LogP contribution in [-0.2, 0) is 11.2 Å². The van der Waals surface area contributed by atoms with Crippen LogP contribution in [0.1, 0.15) is 12.3 Å². The fraction of sp³-hybridized carbons (Fsp3) is 0.389. The molecule has 3 aromatic rings. The predicted molar refractivity (Wildman–Crippen MR) is 108 cm³/mol. The Hall–Kier alpha value is -3.21. The number of rotatable bonds is 6. The van der Waals surface area contributed by atoms with Gasteiger partial charge in [0.25, 0.3) is 0 Å². The molecule has 0 unspecified atom stereocenters. The van der Waals surface area contributed by atoms with Crippen LogP contribution in [0.15, 0.2) is 28.8 Å². The molecule has 0 spiro atoms. The summed E-state index contributed by atoms with van der Waals surface area (Å²) in [7, 11) is 1.62. The molecule has 3 heterocycles. The number of carbonyl (C=O) groups excluding carboxylic acids is 1. The maximum atomic E-state index is 12.5. The Labute approximate surface area is 171 Å². The number of nitrogens with zero attached hydrogens (tertiary/aromatic N) is 6. The average Bonchev–Trinajstić information content (AvgIpc) is 3.41. The predicted octanol–water partition coefficient (Wildman–Crippen LogP) is 1.46. The maximum absolute atomic E-state index is 12.5. The van der Waals surface area contributed by atoms with Crippen molar-refractivity contribution in [2.75, 3.05) is 43.9 Å². The van der Waals surface area contributed by atoms with Crippen LogP contribution in [-0.4, -0.2) is 63.6 Å². The third-order valence-corrected chi connectivity index (χ3v) is 5.49. The van der Waals surface area contributed by atoms with Gasteiger partial charge in [0, 0.05) is 56.1 Å². The maximum Gasteiger partial charge on any atom is 0.233 e. The van der Waals surface area contributed by atoms with Gasteiger partial charge in [0.2, 0.25) is 28.7 Å². The van der Waals surface area contributed by atoms with Gasteiger partial charge in [-0.2, -0.15) is 14.3 Å². The monoisotopic (exact) mass is 415 g/mol. The number of piperazine rings is 1. The molecule has 0 bridgehead atoms. The normalized spacial score (nSPS) is 14.2. The molecular weight excluding hydrogens is 394 g/mol. The summed E-state index contributed by atoms with van der Waals surface area (Å²) in [5, 5.41) is 4.80. The van der Waals surface area contributed by atoms with Crippen LogP contribution in [0, 0.1) is 0 Å². The van der Waals surface area contributed by atoms with Gasteiger partial charge in [-0.1, -0.05) is 5.16 Å². The molecule has 0 aliphatic carbocycles. The molecule has 1 aliphatic rings. The van der Waals surface area contributed by atoms with Crippen LogP contribution < -0.4 is 15.4 Å². The lowest BCUT2D eigenvalue weighted by Gasteiger charge is -2.34. The van der Waals surface area contributed by atoms with E-state index in [-0.39, 0.29) is 11.9 Å². The molecule has 11 heteroatoms. The molecule has 152 valence electrons.